The highest BCUT2D eigenvalue weighted by molar-refractivity contribution is 6.31. The molecule has 0 saturated carbocycles. The van der Waals surface area contributed by atoms with Gasteiger partial charge in [0.25, 0.3) is 12.1 Å². The molecule has 1 aromatic rings. The molecule has 0 spiro atoms. The van der Waals surface area contributed by atoms with Crippen LogP contribution >= 0.6 is 11.6 Å². The minimum atomic E-state index is -2.83. The minimum absolute atomic E-state index is 0.0744. The number of alkyl halides is 2. The SMILES string of the molecule is Cc1nc(C(F)F)c(Cl)cc1[N+](=O)[O-]. The largest absolute Gasteiger partial charge is 0.291 e. The smallest absolute Gasteiger partial charge is 0.258 e. The maximum Gasteiger partial charge on any atom is 0.291 e. The van der Waals surface area contributed by atoms with E-state index < -0.39 is 22.1 Å². The van der Waals surface area contributed by atoms with Gasteiger partial charge in [-0.05, 0) is 6.92 Å². The minimum Gasteiger partial charge on any atom is -0.258 e. The fraction of sp³-hybridized carbons (Fsp3) is 0.286. The molecule has 0 aliphatic rings. The van der Waals surface area contributed by atoms with Gasteiger partial charge in [0.1, 0.15) is 11.4 Å². The molecular weight excluding hydrogens is 218 g/mol. The summed E-state index contributed by atoms with van der Waals surface area (Å²) < 4.78 is 24.4. The number of nitrogens with zero attached hydrogens (tertiary/aromatic N) is 2. The molecule has 0 unspecified atom stereocenters. The Morgan fingerprint density at radius 2 is 2.21 bits per heavy atom. The third-order valence-corrected chi connectivity index (χ3v) is 1.87. The van der Waals surface area contributed by atoms with Crippen LogP contribution in [0.2, 0.25) is 5.02 Å². The first-order chi connectivity index (χ1) is 6.43. The number of nitro groups is 1. The van der Waals surface area contributed by atoms with Crippen molar-refractivity contribution in [3.8, 4) is 0 Å². The van der Waals surface area contributed by atoms with Crippen LogP contribution in [0.4, 0.5) is 14.5 Å². The molecule has 0 aliphatic heterocycles. The Bertz CT molecular complexity index is 384. The number of halogens is 3. The van der Waals surface area contributed by atoms with Crippen molar-refractivity contribution in [2.45, 2.75) is 13.3 Å². The van der Waals surface area contributed by atoms with Crippen LogP contribution in [0.5, 0.6) is 0 Å². The highest BCUT2D eigenvalue weighted by Gasteiger charge is 2.20. The monoisotopic (exact) mass is 222 g/mol. The lowest BCUT2D eigenvalue weighted by atomic mass is 10.2. The second-order valence-corrected chi connectivity index (χ2v) is 2.92. The predicted molar refractivity (Wildman–Crippen MR) is 45.6 cm³/mol. The first-order valence-electron chi connectivity index (χ1n) is 3.53. The number of pyridine rings is 1. The molecule has 1 aromatic heterocycles. The van der Waals surface area contributed by atoms with Crippen LogP contribution in [0.15, 0.2) is 6.07 Å². The van der Waals surface area contributed by atoms with Crippen molar-refractivity contribution in [1.29, 1.82) is 0 Å². The Balaban J connectivity index is 3.31. The first-order valence-corrected chi connectivity index (χ1v) is 3.91. The van der Waals surface area contributed by atoms with Crippen molar-refractivity contribution in [3.63, 3.8) is 0 Å². The van der Waals surface area contributed by atoms with Gasteiger partial charge in [0, 0.05) is 6.07 Å². The van der Waals surface area contributed by atoms with Gasteiger partial charge >= 0.3 is 0 Å². The summed E-state index contributed by atoms with van der Waals surface area (Å²) in [7, 11) is 0. The van der Waals surface area contributed by atoms with Gasteiger partial charge < -0.3 is 0 Å². The van der Waals surface area contributed by atoms with Crippen molar-refractivity contribution in [1.82, 2.24) is 4.98 Å². The Hall–Kier alpha value is -1.30. The van der Waals surface area contributed by atoms with Gasteiger partial charge in [-0.3, -0.25) is 10.1 Å². The van der Waals surface area contributed by atoms with Crippen LogP contribution in [0, 0.1) is 17.0 Å². The third-order valence-electron chi connectivity index (χ3n) is 1.57. The summed E-state index contributed by atoms with van der Waals surface area (Å²) in [5, 5.41) is 9.98. The van der Waals surface area contributed by atoms with E-state index in [-0.39, 0.29) is 11.4 Å². The lowest BCUT2D eigenvalue weighted by molar-refractivity contribution is -0.385. The molecule has 76 valence electrons. The summed E-state index contributed by atoms with van der Waals surface area (Å²) in [5.74, 6) is 0. The van der Waals surface area contributed by atoms with Crippen LogP contribution in [-0.2, 0) is 0 Å². The summed E-state index contributed by atoms with van der Waals surface area (Å²) in [4.78, 5) is 13.0. The van der Waals surface area contributed by atoms with Gasteiger partial charge in [-0.15, -0.1) is 0 Å². The number of aryl methyl sites for hydroxylation is 1. The van der Waals surface area contributed by atoms with E-state index >= 15 is 0 Å². The molecule has 4 nitrogen and oxygen atoms in total. The summed E-state index contributed by atoms with van der Waals surface area (Å²) in [6.45, 7) is 1.28. The van der Waals surface area contributed by atoms with Gasteiger partial charge in [-0.1, -0.05) is 11.6 Å². The second-order valence-electron chi connectivity index (χ2n) is 2.52. The number of rotatable bonds is 2. The predicted octanol–water partition coefficient (Wildman–Crippen LogP) is 2.89. The molecule has 0 amide bonds. The van der Waals surface area contributed by atoms with E-state index in [1.54, 1.807) is 0 Å². The van der Waals surface area contributed by atoms with E-state index in [4.69, 9.17) is 11.6 Å². The van der Waals surface area contributed by atoms with Gasteiger partial charge in [0.2, 0.25) is 0 Å². The molecule has 14 heavy (non-hydrogen) atoms. The van der Waals surface area contributed by atoms with Crippen molar-refractivity contribution >= 4 is 17.3 Å². The zero-order valence-electron chi connectivity index (χ0n) is 7.00. The molecule has 7 heteroatoms. The van der Waals surface area contributed by atoms with Gasteiger partial charge in [0.15, 0.2) is 0 Å². The van der Waals surface area contributed by atoms with E-state index in [1.807, 2.05) is 0 Å². The van der Waals surface area contributed by atoms with E-state index in [9.17, 15) is 18.9 Å². The zero-order valence-corrected chi connectivity index (χ0v) is 7.76. The number of hydrogen-bond donors (Lipinski definition) is 0. The molecule has 0 fully saturated rings. The Kier molecular flexibility index (Phi) is 2.95. The summed E-state index contributed by atoms with van der Waals surface area (Å²) in [6.07, 6.45) is -2.83. The summed E-state index contributed by atoms with van der Waals surface area (Å²) >= 11 is 5.39. The van der Waals surface area contributed by atoms with E-state index in [1.165, 1.54) is 6.92 Å². The van der Waals surface area contributed by atoms with Crippen LogP contribution in [0.3, 0.4) is 0 Å². The maximum absolute atomic E-state index is 12.2. The Labute approximate surface area is 82.7 Å². The van der Waals surface area contributed by atoms with Crippen LogP contribution in [-0.4, -0.2) is 9.91 Å². The van der Waals surface area contributed by atoms with Gasteiger partial charge in [-0.25, -0.2) is 13.8 Å². The van der Waals surface area contributed by atoms with E-state index in [0.717, 1.165) is 6.07 Å². The highest BCUT2D eigenvalue weighted by atomic mass is 35.5. The lowest BCUT2D eigenvalue weighted by Crippen LogP contribution is -1.99. The molecule has 0 bridgehead atoms. The van der Waals surface area contributed by atoms with Gasteiger partial charge in [0.05, 0.1) is 9.95 Å². The zero-order chi connectivity index (χ0) is 10.9. The summed E-state index contributed by atoms with van der Waals surface area (Å²) in [5.41, 5.74) is -1.07. The first kappa shape index (κ1) is 10.8. The van der Waals surface area contributed by atoms with Crippen LogP contribution < -0.4 is 0 Å². The van der Waals surface area contributed by atoms with Crippen molar-refractivity contribution in [2.75, 3.05) is 0 Å². The number of hydrogen-bond acceptors (Lipinski definition) is 3. The van der Waals surface area contributed by atoms with Crippen LogP contribution in [0.25, 0.3) is 0 Å². The quantitative estimate of drug-likeness (QED) is 0.571. The fourth-order valence-corrected chi connectivity index (χ4v) is 1.16. The molecule has 1 rings (SSSR count). The molecule has 0 atom stereocenters. The highest BCUT2D eigenvalue weighted by Crippen LogP contribution is 2.29. The van der Waals surface area contributed by atoms with E-state index in [2.05, 4.69) is 4.98 Å². The molecule has 0 saturated heterocycles. The standard InChI is InChI=1S/C7H5ClF2N2O2/c1-3-5(12(13)14)2-4(8)6(11-3)7(9)10/h2,7H,1H3. The molecule has 0 N–H and O–H groups in total. The average molecular weight is 223 g/mol. The lowest BCUT2D eigenvalue weighted by Gasteiger charge is -2.03. The molecule has 0 radical (unpaired) electrons. The molecule has 0 aromatic carbocycles. The third kappa shape index (κ3) is 1.95. The Morgan fingerprint density at radius 3 is 2.64 bits per heavy atom. The van der Waals surface area contributed by atoms with Crippen molar-refractivity contribution in [2.24, 2.45) is 0 Å². The topological polar surface area (TPSA) is 56.0 Å². The molecule has 0 aliphatic carbocycles. The molecule has 1 heterocycles. The van der Waals surface area contributed by atoms with Gasteiger partial charge in [-0.2, -0.15) is 0 Å². The second kappa shape index (κ2) is 3.83. The molecular formula is C7H5ClF2N2O2. The van der Waals surface area contributed by atoms with Crippen molar-refractivity contribution in [3.05, 3.63) is 32.6 Å². The van der Waals surface area contributed by atoms with E-state index in [0.29, 0.717) is 0 Å². The van der Waals surface area contributed by atoms with Crippen molar-refractivity contribution < 1.29 is 13.7 Å². The number of aromatic nitrogens is 1. The van der Waals surface area contributed by atoms with Crippen LogP contribution in [0.1, 0.15) is 17.8 Å². The summed E-state index contributed by atoms with van der Waals surface area (Å²) in [6, 6.07) is 0.880. The normalized spacial score (nSPS) is 10.6. The maximum atomic E-state index is 12.2. The Morgan fingerprint density at radius 1 is 1.64 bits per heavy atom. The average Bonchev–Trinajstić information content (AvgIpc) is 2.07. The fourth-order valence-electron chi connectivity index (χ4n) is 0.928.